The molecule has 0 aromatic heterocycles. The molecule has 1 aromatic rings. The summed E-state index contributed by atoms with van der Waals surface area (Å²) in [6, 6.07) is 6.09. The fourth-order valence-electron chi connectivity index (χ4n) is 2.54. The van der Waals surface area contributed by atoms with Crippen LogP contribution in [0.25, 0.3) is 0 Å². The highest BCUT2D eigenvalue weighted by atomic mass is 32.2. The van der Waals surface area contributed by atoms with Crippen molar-refractivity contribution in [1.82, 2.24) is 9.03 Å². The van der Waals surface area contributed by atoms with E-state index in [-0.39, 0.29) is 18.3 Å². The summed E-state index contributed by atoms with van der Waals surface area (Å²) in [7, 11) is -3.64. The van der Waals surface area contributed by atoms with Gasteiger partial charge in [0.1, 0.15) is 5.75 Å². The molecule has 1 N–H and O–H groups in total. The first-order valence-corrected chi connectivity index (χ1v) is 8.63. The number of piperidine rings is 1. The Morgan fingerprint density at radius 3 is 2.77 bits per heavy atom. The van der Waals surface area contributed by atoms with Gasteiger partial charge in [0.2, 0.25) is 0 Å². The molecule has 1 aromatic carbocycles. The molecule has 1 unspecified atom stereocenters. The van der Waals surface area contributed by atoms with Gasteiger partial charge in [-0.3, -0.25) is 0 Å². The van der Waals surface area contributed by atoms with Gasteiger partial charge in [-0.25, -0.2) is 0 Å². The van der Waals surface area contributed by atoms with Crippen molar-refractivity contribution in [3.8, 4) is 5.75 Å². The van der Waals surface area contributed by atoms with Crippen LogP contribution in [0.3, 0.4) is 0 Å². The number of nitrogens with one attached hydrogen (secondary N) is 1. The summed E-state index contributed by atoms with van der Waals surface area (Å²) in [5.41, 5.74) is 0.371. The van der Waals surface area contributed by atoms with E-state index in [4.69, 9.17) is 0 Å². The van der Waals surface area contributed by atoms with Gasteiger partial charge in [-0.2, -0.15) is 26.2 Å². The zero-order chi connectivity index (χ0) is 16.2. The molecule has 0 amide bonds. The first kappa shape index (κ1) is 17.1. The summed E-state index contributed by atoms with van der Waals surface area (Å²) < 4.78 is 57.6. The molecule has 1 heterocycles. The SMILES string of the molecule is CC1CCCCN1S(=O)(=O)NCc1ccccc1OC(F)F. The zero-order valence-electron chi connectivity index (χ0n) is 12.3. The standard InChI is InChI=1S/C14H20F2N2O3S/c1-11-6-4-5-9-18(11)22(19,20)17-10-12-7-2-3-8-13(12)21-14(15)16/h2-3,7-8,11,14,17H,4-6,9-10H2,1H3. The van der Waals surface area contributed by atoms with Crippen LogP contribution < -0.4 is 9.46 Å². The quantitative estimate of drug-likeness (QED) is 0.869. The third kappa shape index (κ3) is 4.37. The minimum Gasteiger partial charge on any atom is -0.434 e. The smallest absolute Gasteiger partial charge is 0.387 e. The van der Waals surface area contributed by atoms with Crippen molar-refractivity contribution in [2.24, 2.45) is 0 Å². The molecule has 1 fully saturated rings. The minimum atomic E-state index is -3.64. The van der Waals surface area contributed by atoms with Crippen LogP contribution in [0, 0.1) is 0 Å². The van der Waals surface area contributed by atoms with Crippen molar-refractivity contribution >= 4 is 10.2 Å². The lowest BCUT2D eigenvalue weighted by Crippen LogP contribution is -2.47. The average molecular weight is 334 g/mol. The molecular weight excluding hydrogens is 314 g/mol. The van der Waals surface area contributed by atoms with Gasteiger partial charge in [-0.15, -0.1) is 0 Å². The highest BCUT2D eigenvalue weighted by Crippen LogP contribution is 2.22. The van der Waals surface area contributed by atoms with E-state index in [9.17, 15) is 17.2 Å². The van der Waals surface area contributed by atoms with Gasteiger partial charge in [0.25, 0.3) is 10.2 Å². The Balaban J connectivity index is 2.06. The Labute approximate surface area is 129 Å². The van der Waals surface area contributed by atoms with Crippen molar-refractivity contribution in [1.29, 1.82) is 0 Å². The maximum Gasteiger partial charge on any atom is 0.387 e. The second kappa shape index (κ2) is 7.34. The van der Waals surface area contributed by atoms with E-state index in [1.54, 1.807) is 18.2 Å². The van der Waals surface area contributed by atoms with Crippen LogP contribution >= 0.6 is 0 Å². The van der Waals surface area contributed by atoms with Crippen LogP contribution in [-0.4, -0.2) is 31.9 Å². The van der Waals surface area contributed by atoms with Crippen LogP contribution in [0.15, 0.2) is 24.3 Å². The fraction of sp³-hybridized carbons (Fsp3) is 0.571. The number of nitrogens with zero attached hydrogens (tertiary/aromatic N) is 1. The van der Waals surface area contributed by atoms with Gasteiger partial charge in [0, 0.05) is 24.7 Å². The van der Waals surface area contributed by atoms with Gasteiger partial charge in [0.05, 0.1) is 0 Å². The molecule has 0 radical (unpaired) electrons. The summed E-state index contributed by atoms with van der Waals surface area (Å²) in [6.45, 7) is -0.688. The molecule has 8 heteroatoms. The number of benzene rings is 1. The predicted octanol–water partition coefficient (Wildman–Crippen LogP) is 2.50. The first-order chi connectivity index (χ1) is 10.4. The van der Waals surface area contributed by atoms with Crippen molar-refractivity contribution in [3.63, 3.8) is 0 Å². The number of para-hydroxylation sites is 1. The molecule has 22 heavy (non-hydrogen) atoms. The molecule has 5 nitrogen and oxygen atoms in total. The number of alkyl halides is 2. The third-order valence-electron chi connectivity index (χ3n) is 3.68. The van der Waals surface area contributed by atoms with E-state index in [1.165, 1.54) is 10.4 Å². The van der Waals surface area contributed by atoms with E-state index >= 15 is 0 Å². The lowest BCUT2D eigenvalue weighted by atomic mass is 10.1. The Bertz CT molecular complexity index is 596. The van der Waals surface area contributed by atoms with Crippen LogP contribution in [-0.2, 0) is 16.8 Å². The number of ether oxygens (including phenoxy) is 1. The van der Waals surface area contributed by atoms with Crippen LogP contribution in [0.2, 0.25) is 0 Å². The normalized spacial score (nSPS) is 20.3. The van der Waals surface area contributed by atoms with Crippen molar-refractivity contribution in [2.45, 2.75) is 45.4 Å². The van der Waals surface area contributed by atoms with Crippen molar-refractivity contribution in [2.75, 3.05) is 6.54 Å². The molecule has 0 saturated carbocycles. The summed E-state index contributed by atoms with van der Waals surface area (Å²) in [5, 5.41) is 0. The largest absolute Gasteiger partial charge is 0.434 e. The molecule has 1 aliphatic heterocycles. The second-order valence-corrected chi connectivity index (χ2v) is 6.98. The van der Waals surface area contributed by atoms with Gasteiger partial charge in [-0.05, 0) is 25.8 Å². The van der Waals surface area contributed by atoms with E-state index in [1.807, 2.05) is 6.92 Å². The van der Waals surface area contributed by atoms with E-state index in [0.717, 1.165) is 19.3 Å². The Hall–Kier alpha value is -1.25. The Kier molecular flexibility index (Phi) is 5.71. The van der Waals surface area contributed by atoms with Crippen LogP contribution in [0.5, 0.6) is 5.75 Å². The molecule has 1 saturated heterocycles. The summed E-state index contributed by atoms with van der Waals surface area (Å²) in [4.78, 5) is 0. The molecule has 124 valence electrons. The highest BCUT2D eigenvalue weighted by molar-refractivity contribution is 7.87. The fourth-order valence-corrected chi connectivity index (χ4v) is 3.99. The summed E-state index contributed by atoms with van der Waals surface area (Å²) in [5.74, 6) is -0.0214. The van der Waals surface area contributed by atoms with Crippen molar-refractivity contribution in [3.05, 3.63) is 29.8 Å². The molecule has 2 rings (SSSR count). The first-order valence-electron chi connectivity index (χ1n) is 7.19. The molecule has 0 spiro atoms. The number of hydrogen-bond donors (Lipinski definition) is 1. The van der Waals surface area contributed by atoms with E-state index in [0.29, 0.717) is 12.1 Å². The molecular formula is C14H20F2N2O3S. The highest BCUT2D eigenvalue weighted by Gasteiger charge is 2.29. The van der Waals surface area contributed by atoms with Gasteiger partial charge in [0.15, 0.2) is 0 Å². The average Bonchev–Trinajstić information content (AvgIpc) is 2.46. The van der Waals surface area contributed by atoms with E-state index in [2.05, 4.69) is 9.46 Å². The predicted molar refractivity (Wildman–Crippen MR) is 78.9 cm³/mol. The van der Waals surface area contributed by atoms with Gasteiger partial charge >= 0.3 is 6.61 Å². The topological polar surface area (TPSA) is 58.6 Å². The maximum atomic E-state index is 12.3. The second-order valence-electron chi connectivity index (χ2n) is 5.27. The molecule has 1 aliphatic rings. The number of hydrogen-bond acceptors (Lipinski definition) is 3. The van der Waals surface area contributed by atoms with Crippen LogP contribution in [0.1, 0.15) is 31.7 Å². The van der Waals surface area contributed by atoms with Crippen LogP contribution in [0.4, 0.5) is 8.78 Å². The zero-order valence-corrected chi connectivity index (χ0v) is 13.2. The Morgan fingerprint density at radius 1 is 1.36 bits per heavy atom. The molecule has 0 aliphatic carbocycles. The van der Waals surface area contributed by atoms with E-state index < -0.39 is 16.8 Å². The molecule has 0 bridgehead atoms. The third-order valence-corrected chi connectivity index (χ3v) is 5.35. The lowest BCUT2D eigenvalue weighted by Gasteiger charge is -2.32. The summed E-state index contributed by atoms with van der Waals surface area (Å²) in [6.07, 6.45) is 2.67. The summed E-state index contributed by atoms with van der Waals surface area (Å²) >= 11 is 0. The number of rotatable bonds is 6. The molecule has 1 atom stereocenters. The lowest BCUT2D eigenvalue weighted by molar-refractivity contribution is -0.0504. The number of halogens is 2. The maximum absolute atomic E-state index is 12.3. The Morgan fingerprint density at radius 2 is 2.09 bits per heavy atom. The van der Waals surface area contributed by atoms with Gasteiger partial charge in [-0.1, -0.05) is 24.6 Å². The minimum absolute atomic E-state index is 0.0214. The van der Waals surface area contributed by atoms with Crippen molar-refractivity contribution < 1.29 is 21.9 Å². The van der Waals surface area contributed by atoms with Gasteiger partial charge < -0.3 is 4.74 Å². The monoisotopic (exact) mass is 334 g/mol.